The van der Waals surface area contributed by atoms with Crippen molar-refractivity contribution in [2.24, 2.45) is 0 Å². The first-order chi connectivity index (χ1) is 22.8. The van der Waals surface area contributed by atoms with E-state index in [1.54, 1.807) is 0 Å². The van der Waals surface area contributed by atoms with Crippen molar-refractivity contribution in [1.82, 2.24) is 0 Å². The Morgan fingerprint density at radius 3 is 1.54 bits per heavy atom. The van der Waals surface area contributed by atoms with E-state index >= 15 is 0 Å². The summed E-state index contributed by atoms with van der Waals surface area (Å²) in [7, 11) is 0. The predicted octanol–water partition coefficient (Wildman–Crippen LogP) is 12.9. The molecule has 0 fully saturated rings. The first kappa shape index (κ1) is 25.4. The third-order valence-corrected chi connectivity index (χ3v) is 9.96. The van der Waals surface area contributed by atoms with E-state index in [2.05, 4.69) is 170 Å². The number of rotatable bonds is 3. The molecule has 0 unspecified atom stereocenters. The fourth-order valence-corrected chi connectivity index (χ4v) is 7.72. The zero-order chi connectivity index (χ0) is 30.2. The van der Waals surface area contributed by atoms with Crippen LogP contribution in [0.1, 0.15) is 0 Å². The summed E-state index contributed by atoms with van der Waals surface area (Å²) in [5, 5.41) is 10.3. The van der Waals surface area contributed by atoms with Crippen LogP contribution in [-0.4, -0.2) is 0 Å². The first-order valence-corrected chi connectivity index (χ1v) is 16.0. The summed E-state index contributed by atoms with van der Waals surface area (Å²) in [4.78, 5) is 0. The molecule has 0 nitrogen and oxygen atoms in total. The van der Waals surface area contributed by atoms with Crippen molar-refractivity contribution >= 4 is 43.1 Å². The highest BCUT2D eigenvalue weighted by Gasteiger charge is 2.24. The average molecular weight is 581 g/mol. The van der Waals surface area contributed by atoms with Gasteiger partial charge in [-0.2, -0.15) is 0 Å². The van der Waals surface area contributed by atoms with Crippen molar-refractivity contribution < 1.29 is 0 Å². The van der Waals surface area contributed by atoms with Gasteiger partial charge in [-0.15, -0.1) is 0 Å². The molecule has 9 aromatic rings. The van der Waals surface area contributed by atoms with Gasteiger partial charge in [-0.1, -0.05) is 146 Å². The van der Waals surface area contributed by atoms with Crippen LogP contribution in [0, 0.1) is 0 Å². The summed E-state index contributed by atoms with van der Waals surface area (Å²) in [5.74, 6) is 0. The molecule has 0 heteroatoms. The van der Waals surface area contributed by atoms with Crippen molar-refractivity contribution in [3.05, 3.63) is 170 Å². The Morgan fingerprint density at radius 2 is 0.761 bits per heavy atom. The zero-order valence-corrected chi connectivity index (χ0v) is 25.2. The lowest BCUT2D eigenvalue weighted by Crippen LogP contribution is -1.86. The fourth-order valence-electron chi connectivity index (χ4n) is 7.72. The molecule has 0 saturated carbocycles. The van der Waals surface area contributed by atoms with Crippen molar-refractivity contribution in [2.75, 3.05) is 0 Å². The largest absolute Gasteiger partial charge is 0.0616 e. The lowest BCUT2D eigenvalue weighted by atomic mass is 9.92. The Balaban J connectivity index is 1.05. The number of benzene rings is 9. The van der Waals surface area contributed by atoms with Gasteiger partial charge < -0.3 is 0 Å². The fraction of sp³-hybridized carbons (Fsp3) is 0. The summed E-state index contributed by atoms with van der Waals surface area (Å²) in [6.07, 6.45) is 0. The zero-order valence-electron chi connectivity index (χ0n) is 25.2. The van der Waals surface area contributed by atoms with Gasteiger partial charge in [0.1, 0.15) is 0 Å². The molecule has 0 aliphatic heterocycles. The van der Waals surface area contributed by atoms with Gasteiger partial charge in [-0.05, 0) is 123 Å². The molecule has 0 amide bonds. The molecule has 212 valence electrons. The average Bonchev–Trinajstić information content (AvgIpc) is 3.46. The third kappa shape index (κ3) is 3.81. The predicted molar refractivity (Wildman–Crippen MR) is 197 cm³/mol. The SMILES string of the molecule is c1cc(-c2ccc3cc(-c4ccc5ccccc5c4)ccc3c2)cc(-c2ccc3c4c(cccc24)-c2c-3ccc3ccccc23)c1. The molecule has 9 aromatic carbocycles. The Bertz CT molecular complexity index is 2690. The molecule has 0 saturated heterocycles. The summed E-state index contributed by atoms with van der Waals surface area (Å²) in [6.45, 7) is 0. The molecular weight excluding hydrogens is 553 g/mol. The van der Waals surface area contributed by atoms with Gasteiger partial charge in [0.05, 0.1) is 0 Å². The van der Waals surface area contributed by atoms with E-state index in [1.165, 1.54) is 98.7 Å². The maximum Gasteiger partial charge on any atom is -0.00199 e. The van der Waals surface area contributed by atoms with E-state index in [0.717, 1.165) is 0 Å². The lowest BCUT2D eigenvalue weighted by Gasteiger charge is -2.12. The van der Waals surface area contributed by atoms with Crippen LogP contribution in [0.25, 0.3) is 98.7 Å². The van der Waals surface area contributed by atoms with Gasteiger partial charge in [0.25, 0.3) is 0 Å². The monoisotopic (exact) mass is 580 g/mol. The lowest BCUT2D eigenvalue weighted by molar-refractivity contribution is 1.62. The minimum absolute atomic E-state index is 1.23. The minimum Gasteiger partial charge on any atom is -0.0616 e. The molecule has 0 radical (unpaired) electrons. The van der Waals surface area contributed by atoms with E-state index in [4.69, 9.17) is 0 Å². The van der Waals surface area contributed by atoms with Gasteiger partial charge in [0.2, 0.25) is 0 Å². The van der Waals surface area contributed by atoms with Crippen molar-refractivity contribution in [1.29, 1.82) is 0 Å². The Hall–Kier alpha value is -5.98. The second kappa shape index (κ2) is 9.76. The number of hydrogen-bond donors (Lipinski definition) is 0. The Labute approximate surface area is 267 Å². The van der Waals surface area contributed by atoms with Gasteiger partial charge in [-0.3, -0.25) is 0 Å². The molecule has 1 aliphatic carbocycles. The van der Waals surface area contributed by atoms with Crippen molar-refractivity contribution in [3.63, 3.8) is 0 Å². The standard InChI is InChI=1S/C46H28/c1-2-9-31-25-34(16-15-29(31)7-1)36-20-19-35-26-33(17-18-37(35)27-36)32-10-5-11-38(28-32)39-23-24-43-42-22-21-30-8-3-4-12-40(30)45(42)44-14-6-13-41(39)46(43)44/h1-28H. The van der Waals surface area contributed by atoms with Gasteiger partial charge in [0.15, 0.2) is 0 Å². The summed E-state index contributed by atoms with van der Waals surface area (Å²) in [5.41, 5.74) is 12.9. The molecule has 0 atom stereocenters. The highest BCUT2D eigenvalue weighted by molar-refractivity contribution is 6.23. The molecule has 0 heterocycles. The van der Waals surface area contributed by atoms with E-state index < -0.39 is 0 Å². The maximum atomic E-state index is 2.35. The molecule has 0 N–H and O–H groups in total. The highest BCUT2D eigenvalue weighted by atomic mass is 14.3. The summed E-state index contributed by atoms with van der Waals surface area (Å²) >= 11 is 0. The van der Waals surface area contributed by atoms with Crippen LogP contribution in [0.5, 0.6) is 0 Å². The van der Waals surface area contributed by atoms with Crippen LogP contribution in [0.15, 0.2) is 170 Å². The Kier molecular flexibility index (Phi) is 5.38. The van der Waals surface area contributed by atoms with Crippen LogP contribution >= 0.6 is 0 Å². The van der Waals surface area contributed by atoms with Gasteiger partial charge in [0, 0.05) is 0 Å². The summed E-state index contributed by atoms with van der Waals surface area (Å²) in [6, 6.07) is 62.8. The maximum absolute atomic E-state index is 2.35. The Morgan fingerprint density at radius 1 is 0.239 bits per heavy atom. The van der Waals surface area contributed by atoms with Crippen LogP contribution in [0.3, 0.4) is 0 Å². The second-order valence-electron chi connectivity index (χ2n) is 12.5. The number of fused-ring (bicyclic) bond motifs is 7. The molecule has 0 bridgehead atoms. The minimum atomic E-state index is 1.23. The topological polar surface area (TPSA) is 0 Å². The van der Waals surface area contributed by atoms with Crippen LogP contribution < -0.4 is 0 Å². The van der Waals surface area contributed by atoms with Crippen molar-refractivity contribution in [3.8, 4) is 55.6 Å². The number of hydrogen-bond acceptors (Lipinski definition) is 0. The molecular formula is C46H28. The van der Waals surface area contributed by atoms with E-state index in [0.29, 0.717) is 0 Å². The third-order valence-electron chi connectivity index (χ3n) is 9.96. The molecule has 10 rings (SSSR count). The van der Waals surface area contributed by atoms with E-state index in [-0.39, 0.29) is 0 Å². The van der Waals surface area contributed by atoms with Gasteiger partial charge in [-0.25, -0.2) is 0 Å². The summed E-state index contributed by atoms with van der Waals surface area (Å²) < 4.78 is 0. The molecule has 46 heavy (non-hydrogen) atoms. The van der Waals surface area contributed by atoms with Gasteiger partial charge >= 0.3 is 0 Å². The highest BCUT2D eigenvalue weighted by Crippen LogP contribution is 2.51. The van der Waals surface area contributed by atoms with Crippen LogP contribution in [0.4, 0.5) is 0 Å². The first-order valence-electron chi connectivity index (χ1n) is 16.0. The van der Waals surface area contributed by atoms with E-state index in [1.807, 2.05) is 0 Å². The molecule has 1 aliphatic rings. The smallest absolute Gasteiger partial charge is 0.00199 e. The quantitative estimate of drug-likeness (QED) is 0.195. The second-order valence-corrected chi connectivity index (χ2v) is 12.5. The van der Waals surface area contributed by atoms with Crippen LogP contribution in [0.2, 0.25) is 0 Å². The molecule has 0 spiro atoms. The van der Waals surface area contributed by atoms with Crippen molar-refractivity contribution in [2.45, 2.75) is 0 Å². The van der Waals surface area contributed by atoms with E-state index in [9.17, 15) is 0 Å². The molecule has 0 aromatic heterocycles. The van der Waals surface area contributed by atoms with Crippen LogP contribution in [-0.2, 0) is 0 Å². The normalized spacial score (nSPS) is 11.9.